The summed E-state index contributed by atoms with van der Waals surface area (Å²) in [6, 6.07) is 14.8. The molecule has 0 aliphatic rings. The summed E-state index contributed by atoms with van der Waals surface area (Å²) in [5.74, 6) is -0.299. The highest BCUT2D eigenvalue weighted by Gasteiger charge is 2.15. The molecule has 0 atom stereocenters. The Bertz CT molecular complexity index is 1140. The summed E-state index contributed by atoms with van der Waals surface area (Å²) < 4.78 is 2.65. The molecule has 0 unspecified atom stereocenters. The first kappa shape index (κ1) is 22.5. The highest BCUT2D eigenvalue weighted by molar-refractivity contribution is 5.91. The fourth-order valence-corrected chi connectivity index (χ4v) is 3.72. The fraction of sp³-hybridized carbons (Fsp3) is 0.400. The minimum absolute atomic E-state index is 0.148. The van der Waals surface area contributed by atoms with E-state index in [1.54, 1.807) is 24.3 Å². The van der Waals surface area contributed by atoms with Crippen molar-refractivity contribution in [1.29, 1.82) is 0 Å². The molecule has 2 aromatic carbocycles. The number of carbonyl (C=O) groups excluding carboxylic acids is 1. The molecule has 3 rings (SSSR count). The Morgan fingerprint density at radius 1 is 0.871 bits per heavy atom. The van der Waals surface area contributed by atoms with Gasteiger partial charge in [0.2, 0.25) is 5.91 Å². The smallest absolute Gasteiger partial charge is 0.325 e. The maximum Gasteiger partial charge on any atom is 0.331 e. The number of para-hydroxylation sites is 1. The molecule has 0 bridgehead atoms. The van der Waals surface area contributed by atoms with Gasteiger partial charge in [-0.25, -0.2) is 4.79 Å². The molecule has 3 aromatic rings. The molecule has 1 amide bonds. The number of anilines is 1. The highest BCUT2D eigenvalue weighted by atomic mass is 16.2. The first-order valence-electron chi connectivity index (χ1n) is 11.2. The van der Waals surface area contributed by atoms with Gasteiger partial charge in [-0.15, -0.1) is 0 Å². The van der Waals surface area contributed by atoms with Crippen LogP contribution in [0.25, 0.3) is 10.9 Å². The van der Waals surface area contributed by atoms with Crippen molar-refractivity contribution in [1.82, 2.24) is 9.13 Å². The van der Waals surface area contributed by atoms with Gasteiger partial charge in [-0.05, 0) is 49.1 Å². The maximum absolute atomic E-state index is 13.1. The zero-order valence-corrected chi connectivity index (χ0v) is 18.4. The molecule has 1 N–H and O–H groups in total. The van der Waals surface area contributed by atoms with Crippen LogP contribution in [0.4, 0.5) is 5.69 Å². The summed E-state index contributed by atoms with van der Waals surface area (Å²) in [6.45, 7) is 4.44. The first-order chi connectivity index (χ1) is 15.0. The lowest BCUT2D eigenvalue weighted by molar-refractivity contribution is -0.116. The van der Waals surface area contributed by atoms with Gasteiger partial charge in [0.25, 0.3) is 5.56 Å². The normalized spacial score (nSPS) is 11.0. The van der Waals surface area contributed by atoms with E-state index in [0.717, 1.165) is 38.5 Å². The summed E-state index contributed by atoms with van der Waals surface area (Å²) in [4.78, 5) is 38.6. The van der Waals surface area contributed by atoms with Gasteiger partial charge < -0.3 is 5.32 Å². The Balaban J connectivity index is 1.85. The van der Waals surface area contributed by atoms with E-state index in [1.165, 1.54) is 14.7 Å². The van der Waals surface area contributed by atoms with Gasteiger partial charge in [0.05, 0.1) is 10.9 Å². The largest absolute Gasteiger partial charge is 0.331 e. The van der Waals surface area contributed by atoms with E-state index in [1.807, 2.05) is 24.3 Å². The molecule has 0 aliphatic heterocycles. The zero-order valence-electron chi connectivity index (χ0n) is 18.4. The number of amides is 1. The van der Waals surface area contributed by atoms with Crippen LogP contribution in [0.1, 0.15) is 51.5 Å². The molecular weight excluding hydrogens is 390 g/mol. The summed E-state index contributed by atoms with van der Waals surface area (Å²) >= 11 is 0. The molecule has 0 saturated heterocycles. The van der Waals surface area contributed by atoms with Gasteiger partial charge in [0.1, 0.15) is 6.54 Å². The Morgan fingerprint density at radius 2 is 1.58 bits per heavy atom. The van der Waals surface area contributed by atoms with Crippen LogP contribution in [0, 0.1) is 0 Å². The van der Waals surface area contributed by atoms with E-state index in [4.69, 9.17) is 0 Å². The van der Waals surface area contributed by atoms with Gasteiger partial charge in [-0.3, -0.25) is 18.7 Å². The second-order valence-corrected chi connectivity index (χ2v) is 7.90. The van der Waals surface area contributed by atoms with Crippen molar-refractivity contribution >= 4 is 22.5 Å². The first-order valence-corrected chi connectivity index (χ1v) is 11.2. The van der Waals surface area contributed by atoms with E-state index >= 15 is 0 Å². The van der Waals surface area contributed by atoms with Crippen molar-refractivity contribution in [3.05, 3.63) is 74.9 Å². The SMILES string of the molecule is CCCCCn1c(=O)c2ccccc2n(CC(=O)Nc2ccc(CCCC)cc2)c1=O. The molecule has 6 nitrogen and oxygen atoms in total. The third-order valence-corrected chi connectivity index (χ3v) is 5.48. The highest BCUT2D eigenvalue weighted by Crippen LogP contribution is 2.13. The van der Waals surface area contributed by atoms with E-state index in [0.29, 0.717) is 23.1 Å². The minimum Gasteiger partial charge on any atom is -0.325 e. The quantitative estimate of drug-likeness (QED) is 0.495. The predicted octanol–water partition coefficient (Wildman–Crippen LogP) is 4.33. The number of benzene rings is 2. The van der Waals surface area contributed by atoms with Crippen molar-refractivity contribution in [2.24, 2.45) is 0 Å². The average Bonchev–Trinajstić information content (AvgIpc) is 2.78. The van der Waals surface area contributed by atoms with Crippen molar-refractivity contribution in [3.8, 4) is 0 Å². The number of aromatic nitrogens is 2. The minimum atomic E-state index is -0.440. The maximum atomic E-state index is 13.1. The summed E-state index contributed by atoms with van der Waals surface area (Å²) in [5.41, 5.74) is 1.68. The number of nitrogens with one attached hydrogen (secondary N) is 1. The van der Waals surface area contributed by atoms with Crippen molar-refractivity contribution < 1.29 is 4.79 Å². The lowest BCUT2D eigenvalue weighted by atomic mass is 10.1. The third kappa shape index (κ3) is 5.51. The Hall–Kier alpha value is -3.15. The monoisotopic (exact) mass is 421 g/mol. The Labute approximate surface area is 182 Å². The van der Waals surface area contributed by atoms with Crippen LogP contribution < -0.4 is 16.6 Å². The van der Waals surface area contributed by atoms with Gasteiger partial charge in [0, 0.05) is 12.2 Å². The fourth-order valence-electron chi connectivity index (χ4n) is 3.72. The third-order valence-electron chi connectivity index (χ3n) is 5.48. The van der Waals surface area contributed by atoms with Gasteiger partial charge >= 0.3 is 5.69 Å². The molecule has 6 heteroatoms. The van der Waals surface area contributed by atoms with Gasteiger partial charge in [0.15, 0.2) is 0 Å². The average molecular weight is 422 g/mol. The molecule has 0 radical (unpaired) electrons. The second kappa shape index (κ2) is 10.8. The molecule has 1 aromatic heterocycles. The summed E-state index contributed by atoms with van der Waals surface area (Å²) in [7, 11) is 0. The molecule has 1 heterocycles. The molecule has 0 aliphatic carbocycles. The van der Waals surface area contributed by atoms with Crippen molar-refractivity contribution in [2.75, 3.05) is 5.32 Å². The number of nitrogens with zero attached hydrogens (tertiary/aromatic N) is 2. The second-order valence-electron chi connectivity index (χ2n) is 7.90. The van der Waals surface area contributed by atoms with Crippen molar-refractivity contribution in [2.45, 2.75) is 65.5 Å². The van der Waals surface area contributed by atoms with Gasteiger partial charge in [-0.1, -0.05) is 57.4 Å². The molecule has 31 heavy (non-hydrogen) atoms. The van der Waals surface area contributed by atoms with Crippen molar-refractivity contribution in [3.63, 3.8) is 0 Å². The lowest BCUT2D eigenvalue weighted by Gasteiger charge is -2.14. The lowest BCUT2D eigenvalue weighted by Crippen LogP contribution is -2.41. The van der Waals surface area contributed by atoms with E-state index in [9.17, 15) is 14.4 Å². The predicted molar refractivity (Wildman–Crippen MR) is 126 cm³/mol. The molecule has 0 spiro atoms. The summed E-state index contributed by atoms with van der Waals surface area (Å²) in [5, 5.41) is 3.32. The number of hydrogen-bond donors (Lipinski definition) is 1. The standard InChI is InChI=1S/C25H31N3O3/c1-3-5-9-17-27-24(30)21-11-7-8-12-22(21)28(25(27)31)18-23(29)26-20-15-13-19(14-16-20)10-6-4-2/h7-8,11-16H,3-6,9-10,17-18H2,1-2H3,(H,26,29). The summed E-state index contributed by atoms with van der Waals surface area (Å²) in [6.07, 6.45) is 5.98. The van der Waals surface area contributed by atoms with Gasteiger partial charge in [-0.2, -0.15) is 0 Å². The Morgan fingerprint density at radius 3 is 2.29 bits per heavy atom. The van der Waals surface area contributed by atoms with Crippen LogP contribution in [-0.4, -0.2) is 15.0 Å². The number of fused-ring (bicyclic) bond motifs is 1. The molecule has 164 valence electrons. The van der Waals surface area contributed by atoms with Crippen LogP contribution in [0.5, 0.6) is 0 Å². The molecular formula is C25H31N3O3. The van der Waals surface area contributed by atoms with Crippen LogP contribution in [0.3, 0.4) is 0 Å². The van der Waals surface area contributed by atoms with Crippen LogP contribution in [0.2, 0.25) is 0 Å². The van der Waals surface area contributed by atoms with E-state index in [2.05, 4.69) is 19.2 Å². The molecule has 0 saturated carbocycles. The van der Waals surface area contributed by atoms with Crippen LogP contribution in [0.15, 0.2) is 58.1 Å². The number of rotatable bonds is 10. The molecule has 0 fully saturated rings. The van der Waals surface area contributed by atoms with E-state index in [-0.39, 0.29) is 18.0 Å². The number of unbranched alkanes of at least 4 members (excludes halogenated alkanes) is 3. The van der Waals surface area contributed by atoms with Crippen LogP contribution >= 0.6 is 0 Å². The number of carbonyl (C=O) groups is 1. The van der Waals surface area contributed by atoms with Crippen LogP contribution in [-0.2, 0) is 24.3 Å². The topological polar surface area (TPSA) is 73.1 Å². The number of aryl methyl sites for hydroxylation is 1. The number of hydrogen-bond acceptors (Lipinski definition) is 3. The Kier molecular flexibility index (Phi) is 7.82. The zero-order chi connectivity index (χ0) is 22.2. The van der Waals surface area contributed by atoms with E-state index < -0.39 is 5.69 Å².